The number of carboxylic acids is 2. The molecule has 0 heterocycles. The minimum atomic E-state index is -5.08. The fraction of sp³-hybridized carbons (Fsp3) is 0.429. The van der Waals surface area contributed by atoms with Crippen LogP contribution in [0, 0.1) is 0 Å². The van der Waals surface area contributed by atoms with E-state index in [2.05, 4.69) is 34.9 Å². The van der Waals surface area contributed by atoms with E-state index in [-0.39, 0.29) is 0 Å². The molecule has 0 unspecified atom stereocenters. The number of nitrogens with one attached hydrogen (secondary N) is 2. The predicted molar refractivity (Wildman–Crippen MR) is 79.4 cm³/mol. The Bertz CT molecular complexity index is 512. The molecule has 0 atom stereocenters. The molecule has 12 heteroatoms. The first kappa shape index (κ1) is 25.9. The standard InChI is InChI=1S/C10H16N2.2C2HF3O2/c1-11-7-9-5-3-4-6-10(9)8-12-2;2*3-2(4,5)1(6)7/h3-6,11-12H,7-8H2,1-2H3;2*(H,6,7). The maximum atomic E-state index is 10.6. The van der Waals surface area contributed by atoms with E-state index in [0.29, 0.717) is 0 Å². The minimum absolute atomic E-state index is 0.942. The summed E-state index contributed by atoms with van der Waals surface area (Å²) in [6.07, 6.45) is -10.2. The monoisotopic (exact) mass is 392 g/mol. The molecule has 1 aromatic rings. The summed E-state index contributed by atoms with van der Waals surface area (Å²) in [5.41, 5.74) is 2.74. The maximum Gasteiger partial charge on any atom is 0.490 e. The molecular formula is C14H18F6N2O4. The fourth-order valence-electron chi connectivity index (χ4n) is 1.28. The molecule has 4 N–H and O–H groups in total. The zero-order valence-electron chi connectivity index (χ0n) is 13.7. The van der Waals surface area contributed by atoms with E-state index in [0.717, 1.165) is 13.1 Å². The van der Waals surface area contributed by atoms with Crippen LogP contribution in [0.3, 0.4) is 0 Å². The van der Waals surface area contributed by atoms with Crippen LogP contribution in [0.4, 0.5) is 26.3 Å². The van der Waals surface area contributed by atoms with Gasteiger partial charge in [0.2, 0.25) is 0 Å². The summed E-state index contributed by atoms with van der Waals surface area (Å²) in [6, 6.07) is 8.46. The minimum Gasteiger partial charge on any atom is -0.475 e. The first-order valence-corrected chi connectivity index (χ1v) is 6.73. The van der Waals surface area contributed by atoms with E-state index < -0.39 is 24.3 Å². The van der Waals surface area contributed by atoms with Gasteiger partial charge in [0, 0.05) is 13.1 Å². The molecule has 0 spiro atoms. The van der Waals surface area contributed by atoms with Crippen LogP contribution in [0.2, 0.25) is 0 Å². The molecule has 0 fully saturated rings. The fourth-order valence-corrected chi connectivity index (χ4v) is 1.28. The molecule has 150 valence electrons. The average Bonchev–Trinajstić information content (AvgIpc) is 2.49. The normalized spacial score (nSPS) is 10.8. The molecule has 26 heavy (non-hydrogen) atoms. The van der Waals surface area contributed by atoms with Gasteiger partial charge in [0.15, 0.2) is 0 Å². The van der Waals surface area contributed by atoms with Crippen molar-refractivity contribution in [3.63, 3.8) is 0 Å². The van der Waals surface area contributed by atoms with Crippen molar-refractivity contribution >= 4 is 11.9 Å². The van der Waals surface area contributed by atoms with Crippen LogP contribution in [0.5, 0.6) is 0 Å². The van der Waals surface area contributed by atoms with Crippen molar-refractivity contribution in [2.24, 2.45) is 0 Å². The van der Waals surface area contributed by atoms with E-state index in [9.17, 15) is 26.3 Å². The van der Waals surface area contributed by atoms with Gasteiger partial charge in [-0.05, 0) is 25.2 Å². The van der Waals surface area contributed by atoms with Gasteiger partial charge in [0.25, 0.3) is 0 Å². The third-order valence-corrected chi connectivity index (χ3v) is 2.34. The first-order valence-electron chi connectivity index (χ1n) is 6.73. The number of hydrogen-bond donors (Lipinski definition) is 4. The molecule has 0 radical (unpaired) electrons. The number of aliphatic carboxylic acids is 2. The second kappa shape index (κ2) is 12.1. The molecule has 0 aliphatic heterocycles. The summed E-state index contributed by atoms with van der Waals surface area (Å²) in [4.78, 5) is 17.8. The number of halogens is 6. The van der Waals surface area contributed by atoms with Crippen LogP contribution in [0.25, 0.3) is 0 Å². The van der Waals surface area contributed by atoms with Crippen LogP contribution in [-0.2, 0) is 22.7 Å². The van der Waals surface area contributed by atoms with E-state index in [1.54, 1.807) is 0 Å². The Morgan fingerprint density at radius 3 is 1.19 bits per heavy atom. The van der Waals surface area contributed by atoms with E-state index in [1.807, 2.05) is 14.1 Å². The zero-order valence-corrected chi connectivity index (χ0v) is 13.7. The number of benzene rings is 1. The molecule has 0 saturated heterocycles. The van der Waals surface area contributed by atoms with Gasteiger partial charge in [0.05, 0.1) is 0 Å². The SMILES string of the molecule is CNCc1ccccc1CNC.O=C(O)C(F)(F)F.O=C(O)C(F)(F)F. The Morgan fingerprint density at radius 1 is 0.808 bits per heavy atom. The Labute approximate surface area is 144 Å². The summed E-state index contributed by atoms with van der Waals surface area (Å²) >= 11 is 0. The highest BCUT2D eigenvalue weighted by Gasteiger charge is 2.38. The highest BCUT2D eigenvalue weighted by Crippen LogP contribution is 2.13. The molecule has 0 saturated carbocycles. The van der Waals surface area contributed by atoms with Gasteiger partial charge in [-0.2, -0.15) is 26.3 Å². The lowest BCUT2D eigenvalue weighted by Gasteiger charge is -2.07. The summed E-state index contributed by atoms with van der Waals surface area (Å²) in [7, 11) is 3.94. The van der Waals surface area contributed by atoms with Crippen molar-refractivity contribution in [2.45, 2.75) is 25.4 Å². The van der Waals surface area contributed by atoms with Gasteiger partial charge in [-0.15, -0.1) is 0 Å². The summed E-state index contributed by atoms with van der Waals surface area (Å²) in [6.45, 7) is 1.88. The Balaban J connectivity index is 0. The second-order valence-electron chi connectivity index (χ2n) is 4.44. The topological polar surface area (TPSA) is 98.7 Å². The molecule has 0 aromatic heterocycles. The molecule has 0 amide bonds. The lowest BCUT2D eigenvalue weighted by atomic mass is 10.1. The van der Waals surface area contributed by atoms with Gasteiger partial charge in [-0.1, -0.05) is 24.3 Å². The molecular weight excluding hydrogens is 374 g/mol. The number of carbonyl (C=O) groups is 2. The number of rotatable bonds is 4. The van der Waals surface area contributed by atoms with Crippen LogP contribution >= 0.6 is 0 Å². The Morgan fingerprint density at radius 2 is 1.04 bits per heavy atom. The van der Waals surface area contributed by atoms with E-state index in [4.69, 9.17) is 19.8 Å². The Hall–Kier alpha value is -2.34. The predicted octanol–water partition coefficient (Wildman–Crippen LogP) is 2.39. The van der Waals surface area contributed by atoms with Gasteiger partial charge in [0.1, 0.15) is 0 Å². The molecule has 1 rings (SSSR count). The van der Waals surface area contributed by atoms with E-state index >= 15 is 0 Å². The summed E-state index contributed by atoms with van der Waals surface area (Å²) in [5.74, 6) is -5.51. The second-order valence-corrected chi connectivity index (χ2v) is 4.44. The third-order valence-electron chi connectivity index (χ3n) is 2.34. The van der Waals surface area contributed by atoms with E-state index in [1.165, 1.54) is 11.1 Å². The van der Waals surface area contributed by atoms with Crippen LogP contribution in [0.1, 0.15) is 11.1 Å². The summed E-state index contributed by atoms with van der Waals surface area (Å²) in [5, 5.41) is 20.6. The highest BCUT2D eigenvalue weighted by molar-refractivity contribution is 5.73. The number of hydrogen-bond acceptors (Lipinski definition) is 4. The van der Waals surface area contributed by atoms with Crippen molar-refractivity contribution in [2.75, 3.05) is 14.1 Å². The van der Waals surface area contributed by atoms with Crippen LogP contribution in [0.15, 0.2) is 24.3 Å². The smallest absolute Gasteiger partial charge is 0.475 e. The molecule has 0 aliphatic carbocycles. The largest absolute Gasteiger partial charge is 0.490 e. The Kier molecular flexibility index (Phi) is 12.0. The zero-order chi connectivity index (χ0) is 21.0. The quantitative estimate of drug-likeness (QED) is 0.588. The molecule has 6 nitrogen and oxygen atoms in total. The lowest BCUT2D eigenvalue weighted by Crippen LogP contribution is -2.21. The maximum absolute atomic E-state index is 10.6. The van der Waals surface area contributed by atoms with Gasteiger partial charge in [-0.3, -0.25) is 0 Å². The highest BCUT2D eigenvalue weighted by atomic mass is 19.4. The molecule has 0 aliphatic rings. The van der Waals surface area contributed by atoms with Crippen molar-refractivity contribution in [1.29, 1.82) is 0 Å². The number of carboxylic acid groups (broad SMARTS) is 2. The number of alkyl halides is 6. The average molecular weight is 392 g/mol. The van der Waals surface area contributed by atoms with Crippen molar-refractivity contribution in [1.82, 2.24) is 10.6 Å². The first-order chi connectivity index (χ1) is 11.8. The van der Waals surface area contributed by atoms with Gasteiger partial charge >= 0.3 is 24.3 Å². The van der Waals surface area contributed by atoms with Gasteiger partial charge < -0.3 is 20.8 Å². The van der Waals surface area contributed by atoms with Crippen LogP contribution in [-0.4, -0.2) is 48.6 Å². The molecule has 0 bridgehead atoms. The van der Waals surface area contributed by atoms with Gasteiger partial charge in [-0.25, -0.2) is 9.59 Å². The lowest BCUT2D eigenvalue weighted by molar-refractivity contribution is -0.193. The van der Waals surface area contributed by atoms with Crippen molar-refractivity contribution in [3.8, 4) is 0 Å². The third kappa shape index (κ3) is 13.0. The van der Waals surface area contributed by atoms with Crippen LogP contribution < -0.4 is 10.6 Å². The van der Waals surface area contributed by atoms with Crippen molar-refractivity contribution < 1.29 is 46.1 Å². The summed E-state index contributed by atoms with van der Waals surface area (Å²) < 4.78 is 63.5. The van der Waals surface area contributed by atoms with Crippen molar-refractivity contribution in [3.05, 3.63) is 35.4 Å². The molecule has 1 aromatic carbocycles.